The Balaban J connectivity index is 1.54. The first-order chi connectivity index (χ1) is 12.5. The number of anilines is 1. The van der Waals surface area contributed by atoms with Crippen LogP contribution in [0, 0.1) is 13.8 Å². The third-order valence-corrected chi connectivity index (χ3v) is 5.78. The highest BCUT2D eigenvalue weighted by atomic mass is 32.2. The SMILES string of the molecule is Cc1cc(C)nc(SCc2nnc(SCC(=O)Nc3nccs3)n2C)n1. The Morgan fingerprint density at radius 1 is 1.23 bits per heavy atom. The van der Waals surface area contributed by atoms with Gasteiger partial charge in [-0.1, -0.05) is 23.5 Å². The Kier molecular flexibility index (Phi) is 6.22. The third-order valence-electron chi connectivity index (χ3n) is 3.23. The van der Waals surface area contributed by atoms with Gasteiger partial charge in [0.15, 0.2) is 15.4 Å². The molecular weight excluding hydrogens is 390 g/mol. The molecule has 0 aliphatic carbocycles. The summed E-state index contributed by atoms with van der Waals surface area (Å²) in [5.41, 5.74) is 1.89. The second-order valence-electron chi connectivity index (χ2n) is 5.35. The van der Waals surface area contributed by atoms with Gasteiger partial charge in [-0.3, -0.25) is 4.79 Å². The number of nitrogens with one attached hydrogen (secondary N) is 1. The predicted octanol–water partition coefficient (Wildman–Crippen LogP) is 2.70. The van der Waals surface area contributed by atoms with Gasteiger partial charge in [-0.25, -0.2) is 15.0 Å². The van der Waals surface area contributed by atoms with Crippen molar-refractivity contribution in [2.24, 2.45) is 7.05 Å². The van der Waals surface area contributed by atoms with Crippen molar-refractivity contribution in [3.8, 4) is 0 Å². The van der Waals surface area contributed by atoms with Crippen LogP contribution in [0.2, 0.25) is 0 Å². The lowest BCUT2D eigenvalue weighted by molar-refractivity contribution is -0.113. The van der Waals surface area contributed by atoms with E-state index in [1.54, 1.807) is 6.20 Å². The quantitative estimate of drug-likeness (QED) is 0.471. The molecule has 0 aliphatic rings. The molecule has 0 spiro atoms. The topological polar surface area (TPSA) is 98.5 Å². The van der Waals surface area contributed by atoms with Crippen molar-refractivity contribution in [2.75, 3.05) is 11.1 Å². The molecule has 0 aromatic carbocycles. The van der Waals surface area contributed by atoms with Crippen LogP contribution in [-0.4, -0.2) is 41.4 Å². The number of hydrogen-bond donors (Lipinski definition) is 1. The second-order valence-corrected chi connectivity index (χ2v) is 8.13. The number of aryl methyl sites for hydroxylation is 2. The summed E-state index contributed by atoms with van der Waals surface area (Å²) in [4.78, 5) is 24.8. The van der Waals surface area contributed by atoms with Gasteiger partial charge in [0.05, 0.1) is 11.5 Å². The van der Waals surface area contributed by atoms with Crippen molar-refractivity contribution in [1.82, 2.24) is 29.7 Å². The average Bonchev–Trinajstić information content (AvgIpc) is 3.20. The van der Waals surface area contributed by atoms with Gasteiger partial charge in [-0.05, 0) is 19.9 Å². The maximum atomic E-state index is 11.9. The number of amides is 1. The zero-order valence-electron chi connectivity index (χ0n) is 14.5. The fourth-order valence-corrected chi connectivity index (χ4v) is 4.26. The molecule has 0 unspecified atom stereocenters. The molecule has 0 saturated heterocycles. The summed E-state index contributed by atoms with van der Waals surface area (Å²) < 4.78 is 1.89. The summed E-state index contributed by atoms with van der Waals surface area (Å²) in [6, 6.07) is 1.94. The number of thioether (sulfide) groups is 2. The van der Waals surface area contributed by atoms with E-state index in [9.17, 15) is 4.79 Å². The first-order valence-corrected chi connectivity index (χ1v) is 10.5. The highest BCUT2D eigenvalue weighted by molar-refractivity contribution is 7.99. The standard InChI is InChI=1S/C15H17N7OS3/c1-9-6-10(2)18-14(17-9)25-7-11-20-21-15(22(11)3)26-8-12(23)19-13-16-4-5-24-13/h4-6H,7-8H2,1-3H3,(H,16,19,23). The zero-order chi connectivity index (χ0) is 18.5. The molecule has 0 bridgehead atoms. The van der Waals surface area contributed by atoms with Gasteiger partial charge in [0.2, 0.25) is 5.91 Å². The van der Waals surface area contributed by atoms with Gasteiger partial charge in [-0.2, -0.15) is 0 Å². The Hall–Kier alpha value is -1.98. The molecule has 1 amide bonds. The summed E-state index contributed by atoms with van der Waals surface area (Å²) in [7, 11) is 1.89. The minimum atomic E-state index is -0.118. The van der Waals surface area contributed by atoms with Crippen molar-refractivity contribution in [3.05, 3.63) is 34.9 Å². The molecule has 3 heterocycles. The minimum absolute atomic E-state index is 0.118. The zero-order valence-corrected chi connectivity index (χ0v) is 16.9. The molecule has 0 atom stereocenters. The van der Waals surface area contributed by atoms with Crippen LogP contribution in [0.15, 0.2) is 28.0 Å². The van der Waals surface area contributed by atoms with Crippen LogP contribution in [0.25, 0.3) is 0 Å². The highest BCUT2D eigenvalue weighted by Crippen LogP contribution is 2.22. The summed E-state index contributed by atoms with van der Waals surface area (Å²) >= 11 is 4.24. The number of aromatic nitrogens is 6. The van der Waals surface area contributed by atoms with E-state index in [-0.39, 0.29) is 11.7 Å². The first-order valence-electron chi connectivity index (χ1n) is 7.67. The largest absolute Gasteiger partial charge is 0.308 e. The predicted molar refractivity (Wildman–Crippen MR) is 104 cm³/mol. The Bertz CT molecular complexity index is 875. The van der Waals surface area contributed by atoms with Crippen molar-refractivity contribution < 1.29 is 4.79 Å². The molecule has 3 rings (SSSR count). The monoisotopic (exact) mass is 407 g/mol. The number of nitrogens with zero attached hydrogens (tertiary/aromatic N) is 6. The van der Waals surface area contributed by atoms with Crippen LogP contribution in [0.4, 0.5) is 5.13 Å². The van der Waals surface area contributed by atoms with E-state index in [2.05, 4.69) is 30.5 Å². The molecule has 136 valence electrons. The molecule has 3 aromatic rings. The fraction of sp³-hybridized carbons (Fsp3) is 0.333. The Labute approximate surface area is 163 Å². The molecule has 8 nitrogen and oxygen atoms in total. The summed E-state index contributed by atoms with van der Waals surface area (Å²) in [6.07, 6.45) is 1.65. The average molecular weight is 408 g/mol. The molecule has 3 aromatic heterocycles. The molecule has 11 heteroatoms. The first kappa shape index (κ1) is 18.8. The van der Waals surface area contributed by atoms with Crippen LogP contribution >= 0.6 is 34.9 Å². The number of carbonyl (C=O) groups excluding carboxylic acids is 1. The highest BCUT2D eigenvalue weighted by Gasteiger charge is 2.13. The maximum absolute atomic E-state index is 11.9. The molecule has 0 radical (unpaired) electrons. The van der Waals surface area contributed by atoms with Crippen LogP contribution < -0.4 is 5.32 Å². The molecule has 0 fully saturated rings. The molecule has 1 N–H and O–H groups in total. The minimum Gasteiger partial charge on any atom is -0.308 e. The van der Waals surface area contributed by atoms with E-state index in [4.69, 9.17) is 0 Å². The normalized spacial score (nSPS) is 10.9. The van der Waals surface area contributed by atoms with Crippen molar-refractivity contribution in [3.63, 3.8) is 0 Å². The van der Waals surface area contributed by atoms with Gasteiger partial charge >= 0.3 is 0 Å². The van der Waals surface area contributed by atoms with E-state index in [1.165, 1.54) is 34.9 Å². The van der Waals surface area contributed by atoms with Gasteiger partial charge in [0.25, 0.3) is 0 Å². The lowest BCUT2D eigenvalue weighted by Gasteiger charge is -2.04. The lowest BCUT2D eigenvalue weighted by Crippen LogP contribution is -2.14. The van der Waals surface area contributed by atoms with Gasteiger partial charge in [0.1, 0.15) is 5.82 Å². The number of thiazole rings is 1. The van der Waals surface area contributed by atoms with Gasteiger partial charge in [0, 0.05) is 30.0 Å². The van der Waals surface area contributed by atoms with E-state index >= 15 is 0 Å². The Morgan fingerprint density at radius 2 is 2.00 bits per heavy atom. The van der Waals surface area contributed by atoms with E-state index in [0.29, 0.717) is 16.0 Å². The van der Waals surface area contributed by atoms with E-state index < -0.39 is 0 Å². The van der Waals surface area contributed by atoms with Crippen LogP contribution in [0.3, 0.4) is 0 Å². The van der Waals surface area contributed by atoms with E-state index in [0.717, 1.165) is 22.4 Å². The number of carbonyl (C=O) groups is 1. The summed E-state index contributed by atoms with van der Waals surface area (Å²) in [6.45, 7) is 3.90. The number of rotatable bonds is 7. The smallest absolute Gasteiger partial charge is 0.236 e. The van der Waals surface area contributed by atoms with Crippen LogP contribution in [0.1, 0.15) is 17.2 Å². The second kappa shape index (κ2) is 8.60. The van der Waals surface area contributed by atoms with E-state index in [1.807, 2.05) is 36.9 Å². The third kappa shape index (κ3) is 5.02. The summed E-state index contributed by atoms with van der Waals surface area (Å²) in [5, 5.41) is 14.9. The maximum Gasteiger partial charge on any atom is 0.236 e. The molecule has 0 aliphatic heterocycles. The molecule has 0 saturated carbocycles. The van der Waals surface area contributed by atoms with Crippen LogP contribution in [-0.2, 0) is 17.6 Å². The fourth-order valence-electron chi connectivity index (χ4n) is 2.05. The lowest BCUT2D eigenvalue weighted by atomic mass is 10.4. The summed E-state index contributed by atoms with van der Waals surface area (Å²) in [5.74, 6) is 1.55. The molecular formula is C15H17N7OS3. The van der Waals surface area contributed by atoms with Crippen molar-refractivity contribution in [2.45, 2.75) is 29.9 Å². The Morgan fingerprint density at radius 3 is 2.69 bits per heavy atom. The van der Waals surface area contributed by atoms with Crippen molar-refractivity contribution in [1.29, 1.82) is 0 Å². The van der Waals surface area contributed by atoms with Gasteiger partial charge < -0.3 is 9.88 Å². The molecule has 26 heavy (non-hydrogen) atoms. The van der Waals surface area contributed by atoms with Crippen LogP contribution in [0.5, 0.6) is 0 Å². The number of hydrogen-bond acceptors (Lipinski definition) is 9. The van der Waals surface area contributed by atoms with Crippen molar-refractivity contribution >= 4 is 45.9 Å². The van der Waals surface area contributed by atoms with Gasteiger partial charge in [-0.15, -0.1) is 21.5 Å².